The maximum absolute atomic E-state index is 12.1. The highest BCUT2D eigenvalue weighted by molar-refractivity contribution is 5.91. The zero-order chi connectivity index (χ0) is 16.1. The number of nitrogens with zero attached hydrogens (tertiary/aromatic N) is 1. The fourth-order valence-electron chi connectivity index (χ4n) is 3.31. The molecule has 1 aromatic rings. The zero-order valence-corrected chi connectivity index (χ0v) is 13.5. The molecule has 2 aliphatic rings. The molecule has 0 aromatic heterocycles. The Morgan fingerprint density at radius 3 is 2.87 bits per heavy atom. The SMILES string of the molecule is O=C(C[C@@H]1CCCO1)Nc1cccc(CN2CCC(O)CC2)c1. The normalized spacial score (nSPS) is 23.1. The van der Waals surface area contributed by atoms with Crippen molar-refractivity contribution < 1.29 is 14.6 Å². The fourth-order valence-corrected chi connectivity index (χ4v) is 3.31. The predicted octanol–water partition coefficient (Wildman–Crippen LogP) is 2.15. The summed E-state index contributed by atoms with van der Waals surface area (Å²) in [6, 6.07) is 8.03. The first-order valence-electron chi connectivity index (χ1n) is 8.60. The fraction of sp³-hybridized carbons (Fsp3) is 0.611. The van der Waals surface area contributed by atoms with E-state index in [4.69, 9.17) is 4.74 Å². The van der Waals surface area contributed by atoms with Crippen LogP contribution in [0.5, 0.6) is 0 Å². The van der Waals surface area contributed by atoms with Crippen molar-refractivity contribution in [3.05, 3.63) is 29.8 Å². The summed E-state index contributed by atoms with van der Waals surface area (Å²) >= 11 is 0. The molecular weight excluding hydrogens is 292 g/mol. The summed E-state index contributed by atoms with van der Waals surface area (Å²) in [5.41, 5.74) is 2.04. The Morgan fingerprint density at radius 2 is 2.13 bits per heavy atom. The number of anilines is 1. The molecule has 0 aliphatic carbocycles. The van der Waals surface area contributed by atoms with Crippen LogP contribution in [0.25, 0.3) is 0 Å². The Bertz CT molecular complexity index is 521. The lowest BCUT2D eigenvalue weighted by molar-refractivity contribution is -0.118. The number of aliphatic hydroxyl groups is 1. The predicted molar refractivity (Wildman–Crippen MR) is 89.2 cm³/mol. The van der Waals surface area contributed by atoms with Gasteiger partial charge in [0.1, 0.15) is 0 Å². The smallest absolute Gasteiger partial charge is 0.226 e. The van der Waals surface area contributed by atoms with E-state index in [1.54, 1.807) is 0 Å². The van der Waals surface area contributed by atoms with Crippen LogP contribution >= 0.6 is 0 Å². The molecule has 2 heterocycles. The number of piperidine rings is 1. The van der Waals surface area contributed by atoms with Crippen LogP contribution in [-0.4, -0.2) is 47.8 Å². The second kappa shape index (κ2) is 7.90. The van der Waals surface area contributed by atoms with Gasteiger partial charge in [0.25, 0.3) is 0 Å². The Labute approximate surface area is 137 Å². The average molecular weight is 318 g/mol. The highest BCUT2D eigenvalue weighted by atomic mass is 16.5. The molecule has 0 unspecified atom stereocenters. The number of likely N-dealkylation sites (tertiary alicyclic amines) is 1. The lowest BCUT2D eigenvalue weighted by Crippen LogP contribution is -2.35. The molecule has 0 saturated carbocycles. The van der Waals surface area contributed by atoms with Crippen molar-refractivity contribution >= 4 is 11.6 Å². The van der Waals surface area contributed by atoms with Crippen LogP contribution in [0, 0.1) is 0 Å². The number of benzene rings is 1. The second-order valence-corrected chi connectivity index (χ2v) is 6.60. The number of amides is 1. The number of hydrogen-bond donors (Lipinski definition) is 2. The largest absolute Gasteiger partial charge is 0.393 e. The average Bonchev–Trinajstić information content (AvgIpc) is 3.03. The van der Waals surface area contributed by atoms with E-state index in [0.29, 0.717) is 6.42 Å². The number of nitrogens with one attached hydrogen (secondary N) is 1. The summed E-state index contributed by atoms with van der Waals surface area (Å²) in [5, 5.41) is 12.5. The molecule has 1 amide bonds. The van der Waals surface area contributed by atoms with E-state index in [0.717, 1.165) is 57.6 Å². The molecule has 0 radical (unpaired) electrons. The summed E-state index contributed by atoms with van der Waals surface area (Å²) in [7, 11) is 0. The minimum absolute atomic E-state index is 0.0233. The van der Waals surface area contributed by atoms with Gasteiger partial charge in [-0.25, -0.2) is 0 Å². The Kier molecular flexibility index (Phi) is 5.65. The number of carbonyl (C=O) groups excluding carboxylic acids is 1. The second-order valence-electron chi connectivity index (χ2n) is 6.60. The van der Waals surface area contributed by atoms with E-state index in [2.05, 4.69) is 16.3 Å². The third kappa shape index (κ3) is 5.03. The molecule has 5 heteroatoms. The van der Waals surface area contributed by atoms with Gasteiger partial charge in [0, 0.05) is 31.9 Å². The van der Waals surface area contributed by atoms with Crippen LogP contribution in [0.3, 0.4) is 0 Å². The van der Waals surface area contributed by atoms with Crippen molar-refractivity contribution in [1.82, 2.24) is 4.90 Å². The lowest BCUT2D eigenvalue weighted by Gasteiger charge is -2.29. The molecule has 2 aliphatic heterocycles. The van der Waals surface area contributed by atoms with E-state index < -0.39 is 0 Å². The first-order chi connectivity index (χ1) is 11.2. The number of ether oxygens (including phenoxy) is 1. The first-order valence-corrected chi connectivity index (χ1v) is 8.60. The van der Waals surface area contributed by atoms with Gasteiger partial charge in [-0.1, -0.05) is 12.1 Å². The molecule has 1 atom stereocenters. The van der Waals surface area contributed by atoms with Crippen molar-refractivity contribution in [1.29, 1.82) is 0 Å². The molecule has 1 aromatic carbocycles. The van der Waals surface area contributed by atoms with Crippen molar-refractivity contribution in [2.75, 3.05) is 25.0 Å². The van der Waals surface area contributed by atoms with Gasteiger partial charge >= 0.3 is 0 Å². The summed E-state index contributed by atoms with van der Waals surface area (Å²) in [6.45, 7) is 3.49. The van der Waals surface area contributed by atoms with Gasteiger partial charge in [-0.05, 0) is 43.4 Å². The van der Waals surface area contributed by atoms with Crippen LogP contribution in [-0.2, 0) is 16.1 Å². The van der Waals surface area contributed by atoms with E-state index >= 15 is 0 Å². The molecule has 2 fully saturated rings. The molecule has 23 heavy (non-hydrogen) atoms. The quantitative estimate of drug-likeness (QED) is 0.873. The Balaban J connectivity index is 1.51. The van der Waals surface area contributed by atoms with Gasteiger partial charge in [0.05, 0.1) is 18.6 Å². The van der Waals surface area contributed by atoms with Gasteiger partial charge in [0.15, 0.2) is 0 Å². The van der Waals surface area contributed by atoms with Gasteiger partial charge in [-0.15, -0.1) is 0 Å². The van der Waals surface area contributed by atoms with Gasteiger partial charge in [0.2, 0.25) is 5.91 Å². The maximum atomic E-state index is 12.1. The number of carbonyl (C=O) groups is 1. The van der Waals surface area contributed by atoms with E-state index in [-0.39, 0.29) is 18.1 Å². The summed E-state index contributed by atoms with van der Waals surface area (Å²) in [6.07, 6.45) is 4.10. The molecule has 2 saturated heterocycles. The van der Waals surface area contributed by atoms with Gasteiger partial charge < -0.3 is 15.2 Å². The lowest BCUT2D eigenvalue weighted by atomic mass is 10.1. The molecule has 0 bridgehead atoms. The van der Waals surface area contributed by atoms with E-state index in [9.17, 15) is 9.90 Å². The van der Waals surface area contributed by atoms with Gasteiger partial charge in [-0.3, -0.25) is 9.69 Å². The highest BCUT2D eigenvalue weighted by Crippen LogP contribution is 2.19. The van der Waals surface area contributed by atoms with Crippen LogP contribution in [0.2, 0.25) is 0 Å². The summed E-state index contributed by atoms with van der Waals surface area (Å²) < 4.78 is 5.51. The molecule has 2 N–H and O–H groups in total. The van der Waals surface area contributed by atoms with Crippen molar-refractivity contribution in [2.45, 2.75) is 50.9 Å². The number of hydrogen-bond acceptors (Lipinski definition) is 4. The molecule has 0 spiro atoms. The van der Waals surface area contributed by atoms with Gasteiger partial charge in [-0.2, -0.15) is 0 Å². The monoisotopic (exact) mass is 318 g/mol. The zero-order valence-electron chi connectivity index (χ0n) is 13.5. The Morgan fingerprint density at radius 1 is 1.30 bits per heavy atom. The van der Waals surface area contributed by atoms with Crippen LogP contribution in [0.4, 0.5) is 5.69 Å². The topological polar surface area (TPSA) is 61.8 Å². The first kappa shape index (κ1) is 16.4. The Hall–Kier alpha value is -1.43. The minimum atomic E-state index is -0.144. The summed E-state index contributed by atoms with van der Waals surface area (Å²) in [4.78, 5) is 14.4. The van der Waals surface area contributed by atoms with Crippen LogP contribution in [0.15, 0.2) is 24.3 Å². The maximum Gasteiger partial charge on any atom is 0.226 e. The van der Waals surface area contributed by atoms with E-state index in [1.807, 2.05) is 18.2 Å². The van der Waals surface area contributed by atoms with E-state index in [1.165, 1.54) is 5.56 Å². The minimum Gasteiger partial charge on any atom is -0.393 e. The molecular formula is C18H26N2O3. The van der Waals surface area contributed by atoms with Crippen molar-refractivity contribution in [3.63, 3.8) is 0 Å². The molecule has 3 rings (SSSR count). The molecule has 5 nitrogen and oxygen atoms in total. The third-order valence-electron chi connectivity index (χ3n) is 4.61. The number of rotatable bonds is 5. The summed E-state index contributed by atoms with van der Waals surface area (Å²) in [5.74, 6) is 0.0233. The van der Waals surface area contributed by atoms with Crippen LogP contribution in [0.1, 0.15) is 37.7 Å². The van der Waals surface area contributed by atoms with Crippen LogP contribution < -0.4 is 5.32 Å². The van der Waals surface area contributed by atoms with Crippen molar-refractivity contribution in [2.24, 2.45) is 0 Å². The highest BCUT2D eigenvalue weighted by Gasteiger charge is 2.19. The van der Waals surface area contributed by atoms with Crippen molar-refractivity contribution in [3.8, 4) is 0 Å². The number of aliphatic hydroxyl groups excluding tert-OH is 1. The third-order valence-corrected chi connectivity index (χ3v) is 4.61. The molecule has 126 valence electrons. The standard InChI is InChI=1S/C18H26N2O3/c21-16-6-8-20(9-7-16)13-14-3-1-4-15(11-14)19-18(22)12-17-5-2-10-23-17/h1,3-4,11,16-17,21H,2,5-10,12-13H2,(H,19,22)/t17-/m0/s1.